The number of amides is 1. The first-order valence-corrected chi connectivity index (χ1v) is 10.2. The van der Waals surface area contributed by atoms with E-state index in [1.54, 1.807) is 6.92 Å². The summed E-state index contributed by atoms with van der Waals surface area (Å²) in [6.07, 6.45) is 2.69. The maximum Gasteiger partial charge on any atom is 0.216 e. The average molecular weight is 352 g/mol. The summed E-state index contributed by atoms with van der Waals surface area (Å²) in [5.41, 5.74) is 1.39. The lowest BCUT2D eigenvalue weighted by molar-refractivity contribution is -0.118. The summed E-state index contributed by atoms with van der Waals surface area (Å²) in [5.74, 6) is 0.962. The molecule has 126 valence electrons. The third-order valence-electron chi connectivity index (χ3n) is 4.43. The molecule has 0 spiro atoms. The third kappa shape index (κ3) is 3.92. The summed E-state index contributed by atoms with van der Waals surface area (Å²) in [7, 11) is 0. The van der Waals surface area contributed by atoms with E-state index in [0.29, 0.717) is 0 Å². The van der Waals surface area contributed by atoms with E-state index in [4.69, 9.17) is 0 Å². The molecule has 1 saturated heterocycles. The number of aromatic nitrogens is 1. The summed E-state index contributed by atoms with van der Waals surface area (Å²) in [6, 6.07) is 2.24. The molecule has 1 aliphatic heterocycles. The molecule has 0 aliphatic carbocycles. The largest absolute Gasteiger partial charge is 0.356 e. The lowest BCUT2D eigenvalue weighted by Gasteiger charge is -2.18. The van der Waals surface area contributed by atoms with Crippen molar-refractivity contribution < 1.29 is 4.79 Å². The fraction of sp³-hybridized carbons (Fsp3) is 0.588. The van der Waals surface area contributed by atoms with Crippen LogP contribution in [0.5, 0.6) is 0 Å². The molecule has 0 unspecified atom stereocenters. The van der Waals surface area contributed by atoms with Crippen LogP contribution >= 0.6 is 23.1 Å². The van der Waals surface area contributed by atoms with Gasteiger partial charge in [-0.1, -0.05) is 0 Å². The molecule has 0 bridgehead atoms. The van der Waals surface area contributed by atoms with Crippen LogP contribution in [-0.4, -0.2) is 47.3 Å². The maximum absolute atomic E-state index is 11.0. The lowest BCUT2D eigenvalue weighted by Crippen LogP contribution is -2.25. The van der Waals surface area contributed by atoms with Gasteiger partial charge in [0.15, 0.2) is 0 Å². The highest BCUT2D eigenvalue weighted by Gasteiger charge is 2.17. The molecule has 1 amide bonds. The summed E-state index contributed by atoms with van der Waals surface area (Å²) in [4.78, 5) is 13.6. The Kier molecular flexibility index (Phi) is 5.67. The van der Waals surface area contributed by atoms with E-state index in [1.807, 2.05) is 23.1 Å². The van der Waals surface area contributed by atoms with E-state index in [9.17, 15) is 4.79 Å². The maximum atomic E-state index is 11.0. The minimum Gasteiger partial charge on any atom is -0.356 e. The van der Waals surface area contributed by atoms with E-state index in [0.717, 1.165) is 25.4 Å². The van der Waals surface area contributed by atoms with Gasteiger partial charge in [-0.2, -0.15) is 0 Å². The number of hydrogen-bond donors (Lipinski definition) is 1. The number of thioether (sulfide) groups is 1. The minimum atomic E-state index is 0.0480. The molecular formula is C17H25N3OS2. The first kappa shape index (κ1) is 16.9. The smallest absolute Gasteiger partial charge is 0.216 e. The molecule has 2 aromatic rings. The number of nitrogens with zero attached hydrogens (tertiary/aromatic N) is 2. The molecule has 0 aromatic carbocycles. The van der Waals surface area contributed by atoms with Crippen LogP contribution in [0.4, 0.5) is 0 Å². The normalized spacial score (nSPS) is 15.6. The molecule has 2 aromatic heterocycles. The number of rotatable bonds is 7. The number of carbonyl (C=O) groups is 1. The predicted molar refractivity (Wildman–Crippen MR) is 99.6 cm³/mol. The fourth-order valence-corrected chi connectivity index (χ4v) is 5.31. The van der Waals surface area contributed by atoms with Crippen molar-refractivity contribution in [3.8, 4) is 0 Å². The van der Waals surface area contributed by atoms with E-state index < -0.39 is 0 Å². The van der Waals surface area contributed by atoms with Crippen LogP contribution in [0.15, 0.2) is 16.5 Å². The summed E-state index contributed by atoms with van der Waals surface area (Å²) in [6.45, 7) is 9.24. The molecule has 1 aliphatic rings. The van der Waals surface area contributed by atoms with E-state index in [2.05, 4.69) is 33.2 Å². The van der Waals surface area contributed by atoms with Crippen LogP contribution < -0.4 is 5.32 Å². The van der Waals surface area contributed by atoms with E-state index in [-0.39, 0.29) is 5.91 Å². The fourth-order valence-electron chi connectivity index (χ4n) is 3.23. The zero-order valence-electron chi connectivity index (χ0n) is 13.9. The summed E-state index contributed by atoms with van der Waals surface area (Å²) >= 11 is 3.70. The highest BCUT2D eigenvalue weighted by Crippen LogP contribution is 2.36. The van der Waals surface area contributed by atoms with Crippen molar-refractivity contribution in [1.29, 1.82) is 0 Å². The number of hydrogen-bond acceptors (Lipinski definition) is 4. The summed E-state index contributed by atoms with van der Waals surface area (Å²) in [5, 5.41) is 7.81. The van der Waals surface area contributed by atoms with Crippen molar-refractivity contribution in [2.45, 2.75) is 38.3 Å². The lowest BCUT2D eigenvalue weighted by atomic mass is 10.4. The molecular weight excluding hydrogens is 326 g/mol. The van der Waals surface area contributed by atoms with Gasteiger partial charge in [0.1, 0.15) is 0 Å². The summed E-state index contributed by atoms with van der Waals surface area (Å²) < 4.78 is 3.89. The van der Waals surface area contributed by atoms with Crippen LogP contribution in [-0.2, 0) is 11.3 Å². The number of aryl methyl sites for hydroxylation is 1. The van der Waals surface area contributed by atoms with Crippen LogP contribution in [0.3, 0.4) is 0 Å². The van der Waals surface area contributed by atoms with Crippen molar-refractivity contribution in [1.82, 2.24) is 14.8 Å². The first-order chi connectivity index (χ1) is 11.2. The van der Waals surface area contributed by atoms with Crippen molar-refractivity contribution in [2.24, 2.45) is 0 Å². The van der Waals surface area contributed by atoms with Crippen molar-refractivity contribution >= 4 is 39.1 Å². The number of likely N-dealkylation sites (tertiary alicyclic amines) is 1. The van der Waals surface area contributed by atoms with Gasteiger partial charge in [0.05, 0.1) is 9.73 Å². The molecule has 0 saturated carbocycles. The highest BCUT2D eigenvalue weighted by atomic mass is 32.2. The molecule has 1 fully saturated rings. The first-order valence-electron chi connectivity index (χ1n) is 8.32. The Morgan fingerprint density at radius 3 is 2.87 bits per heavy atom. The number of carbonyl (C=O) groups excluding carboxylic acids is 1. The van der Waals surface area contributed by atoms with E-state index in [1.165, 1.54) is 46.7 Å². The Morgan fingerprint density at radius 1 is 1.35 bits per heavy atom. The average Bonchev–Trinajstić information content (AvgIpc) is 3.22. The number of thiophene rings is 1. The van der Waals surface area contributed by atoms with Crippen molar-refractivity contribution in [3.05, 3.63) is 17.1 Å². The number of nitrogens with one attached hydrogen (secondary N) is 1. The predicted octanol–water partition coefficient (Wildman–Crippen LogP) is 3.34. The van der Waals surface area contributed by atoms with E-state index >= 15 is 0 Å². The molecule has 0 atom stereocenters. The van der Waals surface area contributed by atoms with Gasteiger partial charge in [-0.25, -0.2) is 0 Å². The molecule has 6 heteroatoms. The second-order valence-electron chi connectivity index (χ2n) is 6.09. The Bertz CT molecular complexity index is 671. The molecule has 3 rings (SSSR count). The SMILES string of the molecule is CC(=O)NCCSc1c2ccsc2c(C)n1CCN1CCCC1. The zero-order valence-corrected chi connectivity index (χ0v) is 15.6. The van der Waals surface area contributed by atoms with Gasteiger partial charge in [-0.15, -0.1) is 23.1 Å². The van der Waals surface area contributed by atoms with Gasteiger partial charge in [0, 0.05) is 43.4 Å². The molecule has 4 nitrogen and oxygen atoms in total. The molecule has 0 radical (unpaired) electrons. The molecule has 3 heterocycles. The van der Waals surface area contributed by atoms with Gasteiger partial charge in [-0.3, -0.25) is 4.79 Å². The Balaban J connectivity index is 1.71. The van der Waals surface area contributed by atoms with Gasteiger partial charge < -0.3 is 14.8 Å². The van der Waals surface area contributed by atoms with Gasteiger partial charge in [0.2, 0.25) is 5.91 Å². The zero-order chi connectivity index (χ0) is 16.2. The quantitative estimate of drug-likeness (QED) is 0.614. The second kappa shape index (κ2) is 7.73. The topological polar surface area (TPSA) is 37.3 Å². The second-order valence-corrected chi connectivity index (χ2v) is 8.09. The highest BCUT2D eigenvalue weighted by molar-refractivity contribution is 7.99. The minimum absolute atomic E-state index is 0.0480. The van der Waals surface area contributed by atoms with Crippen LogP contribution in [0.1, 0.15) is 25.5 Å². The van der Waals surface area contributed by atoms with Gasteiger partial charge in [0.25, 0.3) is 0 Å². The Labute approximate surface area is 146 Å². The van der Waals surface area contributed by atoms with Crippen molar-refractivity contribution in [3.63, 3.8) is 0 Å². The Morgan fingerprint density at radius 2 is 2.13 bits per heavy atom. The van der Waals surface area contributed by atoms with Crippen LogP contribution in [0, 0.1) is 6.92 Å². The third-order valence-corrected chi connectivity index (χ3v) is 6.57. The standard InChI is InChI=1S/C17H25N3OS2/c1-13-16-15(5-11-22-16)17(23-12-6-18-14(2)21)20(13)10-9-19-7-3-4-8-19/h5,11H,3-4,6-10,12H2,1-2H3,(H,18,21). The van der Waals surface area contributed by atoms with Crippen molar-refractivity contribution in [2.75, 3.05) is 31.9 Å². The monoisotopic (exact) mass is 351 g/mol. The van der Waals surface area contributed by atoms with Crippen LogP contribution in [0.25, 0.3) is 10.1 Å². The van der Waals surface area contributed by atoms with Gasteiger partial charge in [-0.05, 0) is 44.3 Å². The molecule has 23 heavy (non-hydrogen) atoms. The van der Waals surface area contributed by atoms with Crippen LogP contribution in [0.2, 0.25) is 0 Å². The Hall–Kier alpha value is -0.980. The molecule has 1 N–H and O–H groups in total. The van der Waals surface area contributed by atoms with Gasteiger partial charge >= 0.3 is 0 Å². The number of fused-ring (bicyclic) bond motifs is 1.